The van der Waals surface area contributed by atoms with E-state index in [0.717, 1.165) is 5.56 Å². The van der Waals surface area contributed by atoms with E-state index in [0.29, 0.717) is 18.7 Å². The number of anilines is 1. The summed E-state index contributed by atoms with van der Waals surface area (Å²) in [5.41, 5.74) is 1.53. The summed E-state index contributed by atoms with van der Waals surface area (Å²) in [5, 5.41) is 2.90. The van der Waals surface area contributed by atoms with Crippen molar-refractivity contribution in [1.29, 1.82) is 0 Å². The summed E-state index contributed by atoms with van der Waals surface area (Å²) in [7, 11) is -3.53. The molecular formula is C19H23ClN2O3S. The quantitative estimate of drug-likeness (QED) is 0.499. The van der Waals surface area contributed by atoms with Crippen LogP contribution in [0.2, 0.25) is 0 Å². The molecule has 0 unspecified atom stereocenters. The average Bonchev–Trinajstić information content (AvgIpc) is 2.62. The zero-order valence-electron chi connectivity index (χ0n) is 14.6. The number of sulfonamides is 1. The van der Waals surface area contributed by atoms with E-state index < -0.39 is 10.0 Å². The summed E-state index contributed by atoms with van der Waals surface area (Å²) < 4.78 is 26.9. The van der Waals surface area contributed by atoms with Gasteiger partial charge in [-0.15, -0.1) is 11.6 Å². The third kappa shape index (κ3) is 6.04. The fraction of sp³-hybridized carbons (Fsp3) is 0.316. The highest BCUT2D eigenvalue weighted by atomic mass is 35.5. The molecule has 0 aliphatic heterocycles. The number of unbranched alkanes of at least 4 members (excludes halogenated alkanes) is 1. The minimum absolute atomic E-state index is 0.0317. The van der Waals surface area contributed by atoms with E-state index in [4.69, 9.17) is 11.6 Å². The van der Waals surface area contributed by atoms with E-state index in [-0.39, 0.29) is 29.0 Å². The molecule has 26 heavy (non-hydrogen) atoms. The number of halogens is 1. The number of amides is 1. The first-order chi connectivity index (χ1) is 12.4. The lowest BCUT2D eigenvalue weighted by molar-refractivity contribution is 0.0941. The van der Waals surface area contributed by atoms with Gasteiger partial charge in [0.2, 0.25) is 10.0 Å². The van der Waals surface area contributed by atoms with Gasteiger partial charge in [0, 0.05) is 5.88 Å². The maximum Gasteiger partial charge on any atom is 0.253 e. The van der Waals surface area contributed by atoms with Crippen molar-refractivity contribution in [2.45, 2.75) is 25.8 Å². The smallest absolute Gasteiger partial charge is 0.253 e. The van der Waals surface area contributed by atoms with Crippen molar-refractivity contribution < 1.29 is 13.2 Å². The predicted octanol–water partition coefficient (Wildman–Crippen LogP) is 3.94. The molecule has 2 N–H and O–H groups in total. The lowest BCUT2D eigenvalue weighted by atomic mass is 10.1. The molecule has 1 amide bonds. The summed E-state index contributed by atoms with van der Waals surface area (Å²) in [4.78, 5) is 12.6. The molecule has 140 valence electrons. The largest absolute Gasteiger partial charge is 0.345 e. The molecule has 0 fully saturated rings. The van der Waals surface area contributed by atoms with Crippen molar-refractivity contribution in [3.63, 3.8) is 0 Å². The van der Waals surface area contributed by atoms with Crippen LogP contribution in [0.15, 0.2) is 54.6 Å². The monoisotopic (exact) mass is 394 g/mol. The van der Waals surface area contributed by atoms with Crippen LogP contribution in [0.4, 0.5) is 5.69 Å². The Balaban J connectivity index is 2.11. The Hall–Kier alpha value is -2.05. The molecule has 0 aliphatic rings. The van der Waals surface area contributed by atoms with Gasteiger partial charge in [0.1, 0.15) is 0 Å². The summed E-state index contributed by atoms with van der Waals surface area (Å²) >= 11 is 5.59. The van der Waals surface area contributed by atoms with E-state index in [9.17, 15) is 13.2 Å². The van der Waals surface area contributed by atoms with Gasteiger partial charge in [-0.2, -0.15) is 0 Å². The Bertz CT molecular complexity index is 826. The molecule has 2 aromatic carbocycles. The van der Waals surface area contributed by atoms with Crippen LogP contribution in [0.5, 0.6) is 0 Å². The van der Waals surface area contributed by atoms with Crippen molar-refractivity contribution in [1.82, 2.24) is 5.32 Å². The Morgan fingerprint density at radius 1 is 1.04 bits per heavy atom. The second-order valence-corrected chi connectivity index (χ2v) is 8.19. The first-order valence-corrected chi connectivity index (χ1v) is 10.6. The van der Waals surface area contributed by atoms with Crippen LogP contribution in [0.3, 0.4) is 0 Å². The molecule has 0 aromatic heterocycles. The summed E-state index contributed by atoms with van der Waals surface area (Å²) in [5.74, 6) is 0.0579. The van der Waals surface area contributed by atoms with Crippen molar-refractivity contribution in [3.05, 3.63) is 65.7 Å². The molecule has 0 bridgehead atoms. The first-order valence-electron chi connectivity index (χ1n) is 8.44. The van der Waals surface area contributed by atoms with Gasteiger partial charge in [-0.3, -0.25) is 9.52 Å². The van der Waals surface area contributed by atoms with Gasteiger partial charge in [0.25, 0.3) is 5.91 Å². The van der Waals surface area contributed by atoms with Crippen LogP contribution in [0.25, 0.3) is 0 Å². The van der Waals surface area contributed by atoms with Crippen molar-refractivity contribution in [2.24, 2.45) is 0 Å². The van der Waals surface area contributed by atoms with E-state index >= 15 is 0 Å². The molecule has 0 heterocycles. The predicted molar refractivity (Wildman–Crippen MR) is 106 cm³/mol. The maximum atomic E-state index is 12.6. The number of carbonyl (C=O) groups excluding carboxylic acids is 1. The maximum absolute atomic E-state index is 12.6. The Kier molecular flexibility index (Phi) is 7.48. The first kappa shape index (κ1) is 20.3. The molecule has 0 spiro atoms. The third-order valence-electron chi connectivity index (χ3n) is 3.88. The minimum Gasteiger partial charge on any atom is -0.345 e. The number of nitrogens with one attached hydrogen (secondary N) is 2. The summed E-state index contributed by atoms with van der Waals surface area (Å²) in [6.07, 6.45) is 1.09. The van der Waals surface area contributed by atoms with Crippen LogP contribution < -0.4 is 10.0 Å². The molecule has 0 saturated carbocycles. The molecule has 7 heteroatoms. The summed E-state index contributed by atoms with van der Waals surface area (Å²) in [6, 6.07) is 15.9. The molecular weight excluding hydrogens is 372 g/mol. The number of hydrogen-bond acceptors (Lipinski definition) is 3. The van der Waals surface area contributed by atoms with Gasteiger partial charge in [-0.1, -0.05) is 42.5 Å². The van der Waals surface area contributed by atoms with Crippen LogP contribution in [0.1, 0.15) is 41.7 Å². The van der Waals surface area contributed by atoms with Crippen molar-refractivity contribution in [3.8, 4) is 0 Å². The Morgan fingerprint density at radius 2 is 1.69 bits per heavy atom. The highest BCUT2D eigenvalue weighted by Gasteiger charge is 2.18. The summed E-state index contributed by atoms with van der Waals surface area (Å²) in [6.45, 7) is 1.88. The number of rotatable bonds is 9. The zero-order chi connectivity index (χ0) is 19.0. The molecule has 1 atom stereocenters. The normalized spacial score (nSPS) is 12.4. The molecule has 0 aliphatic carbocycles. The highest BCUT2D eigenvalue weighted by molar-refractivity contribution is 7.92. The lowest BCUT2D eigenvalue weighted by Crippen LogP contribution is -2.28. The van der Waals surface area contributed by atoms with Gasteiger partial charge in [-0.05, 0) is 37.5 Å². The number of carbonyl (C=O) groups is 1. The van der Waals surface area contributed by atoms with Gasteiger partial charge in [0.05, 0.1) is 23.0 Å². The Labute approximate surface area is 159 Å². The van der Waals surface area contributed by atoms with Crippen LogP contribution >= 0.6 is 11.6 Å². The van der Waals surface area contributed by atoms with E-state index in [2.05, 4.69) is 10.0 Å². The average molecular weight is 395 g/mol. The van der Waals surface area contributed by atoms with Gasteiger partial charge in [0.15, 0.2) is 0 Å². The molecule has 0 saturated heterocycles. The Morgan fingerprint density at radius 3 is 2.38 bits per heavy atom. The third-order valence-corrected chi connectivity index (χ3v) is 5.51. The topological polar surface area (TPSA) is 75.3 Å². The molecule has 5 nitrogen and oxygen atoms in total. The molecule has 2 rings (SSSR count). The lowest BCUT2D eigenvalue weighted by Gasteiger charge is -2.17. The van der Waals surface area contributed by atoms with Gasteiger partial charge >= 0.3 is 0 Å². The van der Waals surface area contributed by atoms with Crippen molar-refractivity contribution in [2.75, 3.05) is 16.4 Å². The number of para-hydroxylation sites is 1. The highest BCUT2D eigenvalue weighted by Crippen LogP contribution is 2.19. The van der Waals surface area contributed by atoms with E-state index in [1.165, 1.54) is 0 Å². The fourth-order valence-corrected chi connectivity index (χ4v) is 3.86. The SMILES string of the molecule is C[C@@H](NC(=O)c1ccccc1NS(=O)(=O)CCCCCl)c1ccccc1. The second-order valence-electron chi connectivity index (χ2n) is 5.97. The van der Waals surface area contributed by atoms with Crippen LogP contribution in [0, 0.1) is 0 Å². The number of alkyl halides is 1. The molecule has 2 aromatic rings. The van der Waals surface area contributed by atoms with Crippen LogP contribution in [-0.4, -0.2) is 26.0 Å². The van der Waals surface area contributed by atoms with Crippen LogP contribution in [-0.2, 0) is 10.0 Å². The number of benzene rings is 2. The van der Waals surface area contributed by atoms with Gasteiger partial charge < -0.3 is 5.32 Å². The van der Waals surface area contributed by atoms with Gasteiger partial charge in [-0.25, -0.2) is 8.42 Å². The van der Waals surface area contributed by atoms with E-state index in [1.54, 1.807) is 24.3 Å². The second kappa shape index (κ2) is 9.59. The fourth-order valence-electron chi connectivity index (χ4n) is 2.47. The van der Waals surface area contributed by atoms with E-state index in [1.807, 2.05) is 37.3 Å². The van der Waals surface area contributed by atoms with Crippen molar-refractivity contribution >= 4 is 33.2 Å². The standard InChI is InChI=1S/C19H23ClN2O3S/c1-15(16-9-3-2-4-10-16)21-19(23)17-11-5-6-12-18(17)22-26(24,25)14-8-7-13-20/h2-6,9-12,15,22H,7-8,13-14H2,1H3,(H,21,23)/t15-/m1/s1. The molecule has 0 radical (unpaired) electrons. The zero-order valence-corrected chi connectivity index (χ0v) is 16.2. The minimum atomic E-state index is -3.53. The number of hydrogen-bond donors (Lipinski definition) is 2.